The van der Waals surface area contributed by atoms with E-state index in [9.17, 15) is 0 Å². The predicted molar refractivity (Wildman–Crippen MR) is 43.1 cm³/mol. The van der Waals surface area contributed by atoms with Crippen LogP contribution in [0.15, 0.2) is 0 Å². The zero-order valence-electron chi connectivity index (χ0n) is 7.68. The van der Waals surface area contributed by atoms with Gasteiger partial charge >= 0.3 is 0 Å². The Balaban J connectivity index is 0. The fourth-order valence-corrected chi connectivity index (χ4v) is 1.34. The van der Waals surface area contributed by atoms with Gasteiger partial charge in [-0.1, -0.05) is 0 Å². The topological polar surface area (TPSA) is 28.5 Å². The average Bonchev–Trinajstić information content (AvgIpc) is 1.95. The van der Waals surface area contributed by atoms with Crippen LogP contribution in [0.25, 0.3) is 0 Å². The Labute approximate surface area is 64.7 Å². The molecule has 0 spiro atoms. The fourth-order valence-electron chi connectivity index (χ4n) is 1.34. The molecule has 0 aliphatic rings. The molecule has 1 radical (unpaired) electrons. The van der Waals surface area contributed by atoms with E-state index < -0.39 is 0 Å². The minimum Gasteiger partial charge on any atom is -1.00 e. The van der Waals surface area contributed by atoms with Crippen molar-refractivity contribution in [3.05, 3.63) is 0 Å². The van der Waals surface area contributed by atoms with Crippen LogP contribution in [0, 0.1) is 0 Å². The summed E-state index contributed by atoms with van der Waals surface area (Å²) in [5.74, 6) is 0. The zero-order valence-corrected chi connectivity index (χ0v) is 7.68. The molecular weight excluding hydrogens is 126 g/mol. The highest BCUT2D eigenvalue weighted by Gasteiger charge is 2.16. The molecule has 2 heteroatoms. The number of hydrogen-bond acceptors (Lipinski definition) is 1. The summed E-state index contributed by atoms with van der Waals surface area (Å²) in [7, 11) is 0. The van der Waals surface area contributed by atoms with E-state index in [1.54, 1.807) is 0 Å². The molecule has 0 saturated carbocycles. The Morgan fingerprint density at radius 2 is 0.900 bits per heavy atom. The third kappa shape index (κ3) is 2.67. The van der Waals surface area contributed by atoms with E-state index in [1.165, 1.54) is 30.7 Å². The largest absolute Gasteiger partial charge is 1.00 e. The van der Waals surface area contributed by atoms with Crippen LogP contribution in [0.4, 0.5) is 0 Å². The Kier molecular flexibility index (Phi) is 7.15. The zero-order chi connectivity index (χ0) is 7.33. The summed E-state index contributed by atoms with van der Waals surface area (Å²) in [4.78, 5) is 0. The van der Waals surface area contributed by atoms with Crippen LogP contribution in [0.1, 0.15) is 27.7 Å². The van der Waals surface area contributed by atoms with Gasteiger partial charge in [0.25, 0.3) is 0 Å². The van der Waals surface area contributed by atoms with Gasteiger partial charge in [-0.3, -0.25) is 0 Å². The first kappa shape index (κ1) is 12.6. The molecular formula is C8H20NO. The lowest BCUT2D eigenvalue weighted by Crippen LogP contribution is -2.47. The van der Waals surface area contributed by atoms with E-state index in [-0.39, 0.29) is 5.48 Å². The number of quaternary nitrogens is 1. The molecule has 0 amide bonds. The molecule has 0 heterocycles. The van der Waals surface area contributed by atoms with Crippen molar-refractivity contribution < 1.29 is 9.96 Å². The fraction of sp³-hybridized carbons (Fsp3) is 1.00. The van der Waals surface area contributed by atoms with Crippen LogP contribution >= 0.6 is 0 Å². The maximum Gasteiger partial charge on any atom is 0.0757 e. The summed E-state index contributed by atoms with van der Waals surface area (Å²) in [6.45, 7) is 14.2. The Hall–Kier alpha value is -0.0800. The summed E-state index contributed by atoms with van der Waals surface area (Å²) in [5.41, 5.74) is 0. The van der Waals surface area contributed by atoms with Gasteiger partial charge in [0.2, 0.25) is 0 Å². The third-order valence-corrected chi connectivity index (χ3v) is 2.68. The molecule has 0 aromatic rings. The minimum atomic E-state index is 0. The molecule has 0 rings (SSSR count). The molecule has 0 saturated heterocycles. The molecule has 0 fully saturated rings. The Morgan fingerprint density at radius 3 is 0.900 bits per heavy atom. The lowest BCUT2D eigenvalue weighted by Gasteiger charge is -2.34. The van der Waals surface area contributed by atoms with Crippen molar-refractivity contribution in [2.24, 2.45) is 0 Å². The highest BCUT2D eigenvalue weighted by atomic mass is 16.0. The van der Waals surface area contributed by atoms with Crippen molar-refractivity contribution in [2.75, 3.05) is 26.2 Å². The molecule has 10 heavy (non-hydrogen) atoms. The van der Waals surface area contributed by atoms with Gasteiger partial charge < -0.3 is 9.96 Å². The van der Waals surface area contributed by atoms with Crippen molar-refractivity contribution in [1.82, 2.24) is 0 Å². The van der Waals surface area contributed by atoms with E-state index in [1.807, 2.05) is 0 Å². The van der Waals surface area contributed by atoms with Crippen molar-refractivity contribution >= 4 is 0 Å². The van der Waals surface area contributed by atoms with Gasteiger partial charge in [0.05, 0.1) is 26.2 Å². The molecule has 0 aliphatic heterocycles. The van der Waals surface area contributed by atoms with Gasteiger partial charge in [-0.2, -0.15) is 0 Å². The van der Waals surface area contributed by atoms with Gasteiger partial charge in [-0.15, -0.1) is 0 Å². The summed E-state index contributed by atoms with van der Waals surface area (Å²) in [6.07, 6.45) is 0. The van der Waals surface area contributed by atoms with Crippen LogP contribution in [0.5, 0.6) is 0 Å². The van der Waals surface area contributed by atoms with Gasteiger partial charge in [0, 0.05) is 0 Å². The monoisotopic (exact) mass is 146 g/mol. The maximum absolute atomic E-state index is 2.27. The van der Waals surface area contributed by atoms with Crippen LogP contribution in [-0.4, -0.2) is 30.7 Å². The second-order valence-electron chi connectivity index (χ2n) is 2.61. The van der Waals surface area contributed by atoms with E-state index in [0.29, 0.717) is 0 Å². The standard InChI is InChI=1S/C8H20N.O/c1-5-9(6-2,7-3)8-4;/h5-8H2,1-4H3;/q+1;-1. The molecule has 0 aliphatic carbocycles. The molecule has 2 nitrogen and oxygen atoms in total. The number of nitrogens with zero attached hydrogens (tertiary/aromatic N) is 1. The molecule has 0 N–H and O–H groups in total. The average molecular weight is 146 g/mol. The SMILES string of the molecule is CC[N+](CC)(CC)CC.[O-]. The van der Waals surface area contributed by atoms with Crippen LogP contribution in [0.2, 0.25) is 0 Å². The third-order valence-electron chi connectivity index (χ3n) is 2.68. The number of hydrogen-bond donors (Lipinski definition) is 0. The Bertz CT molecular complexity index is 52.1. The van der Waals surface area contributed by atoms with Gasteiger partial charge in [-0.05, 0) is 27.7 Å². The summed E-state index contributed by atoms with van der Waals surface area (Å²) < 4.78 is 1.28. The Morgan fingerprint density at radius 1 is 0.700 bits per heavy atom. The van der Waals surface area contributed by atoms with E-state index >= 15 is 0 Å². The van der Waals surface area contributed by atoms with Crippen LogP contribution < -0.4 is 0 Å². The summed E-state index contributed by atoms with van der Waals surface area (Å²) in [5, 5.41) is 0. The van der Waals surface area contributed by atoms with E-state index in [4.69, 9.17) is 0 Å². The van der Waals surface area contributed by atoms with Gasteiger partial charge in [0.15, 0.2) is 0 Å². The lowest BCUT2D eigenvalue weighted by molar-refractivity contribution is -0.921. The molecule has 0 bridgehead atoms. The van der Waals surface area contributed by atoms with Crippen molar-refractivity contribution in [1.29, 1.82) is 0 Å². The smallest absolute Gasteiger partial charge is 0.0757 e. The number of rotatable bonds is 4. The second-order valence-corrected chi connectivity index (χ2v) is 2.61. The van der Waals surface area contributed by atoms with Crippen LogP contribution in [-0.2, 0) is 5.48 Å². The highest BCUT2D eigenvalue weighted by molar-refractivity contribution is 4.31. The van der Waals surface area contributed by atoms with E-state index in [2.05, 4.69) is 27.7 Å². The van der Waals surface area contributed by atoms with Gasteiger partial charge in [-0.25, -0.2) is 0 Å². The molecule has 0 atom stereocenters. The maximum atomic E-state index is 2.27. The highest BCUT2D eigenvalue weighted by Crippen LogP contribution is 2.03. The molecule has 63 valence electrons. The predicted octanol–water partition coefficient (Wildman–Crippen LogP) is 1.76. The second kappa shape index (κ2) is 5.69. The van der Waals surface area contributed by atoms with Crippen LogP contribution in [0.3, 0.4) is 0 Å². The summed E-state index contributed by atoms with van der Waals surface area (Å²) >= 11 is 0. The normalized spacial score (nSPS) is 10.8. The molecule has 0 aromatic heterocycles. The quantitative estimate of drug-likeness (QED) is 0.541. The lowest BCUT2D eigenvalue weighted by atomic mass is 10.3. The van der Waals surface area contributed by atoms with Gasteiger partial charge in [0.1, 0.15) is 0 Å². The van der Waals surface area contributed by atoms with Crippen molar-refractivity contribution in [3.8, 4) is 0 Å². The first-order valence-electron chi connectivity index (χ1n) is 4.09. The first-order chi connectivity index (χ1) is 4.24. The summed E-state index contributed by atoms with van der Waals surface area (Å²) in [6, 6.07) is 0. The minimum absolute atomic E-state index is 0. The molecule has 0 aromatic carbocycles. The van der Waals surface area contributed by atoms with Crippen molar-refractivity contribution in [2.45, 2.75) is 27.7 Å². The first-order valence-corrected chi connectivity index (χ1v) is 4.09. The molecule has 0 unspecified atom stereocenters. The van der Waals surface area contributed by atoms with Crippen molar-refractivity contribution in [3.63, 3.8) is 0 Å². The van der Waals surface area contributed by atoms with E-state index in [0.717, 1.165) is 0 Å².